The van der Waals surface area contributed by atoms with Crippen molar-refractivity contribution in [3.63, 3.8) is 0 Å². The van der Waals surface area contributed by atoms with Gasteiger partial charge in [0.25, 0.3) is 0 Å². The molecule has 0 radical (unpaired) electrons. The van der Waals surface area contributed by atoms with Gasteiger partial charge >= 0.3 is 0 Å². The molecule has 1 saturated heterocycles. The summed E-state index contributed by atoms with van der Waals surface area (Å²) >= 11 is 0. The smallest absolute Gasteiger partial charge is 0.246 e. The summed E-state index contributed by atoms with van der Waals surface area (Å²) in [6.45, 7) is 2.75. The van der Waals surface area contributed by atoms with Crippen molar-refractivity contribution >= 4 is 28.3 Å². The largest absolute Gasteiger partial charge is 0.353 e. The third-order valence-corrected chi connectivity index (χ3v) is 7.54. The minimum Gasteiger partial charge on any atom is -0.353 e. The van der Waals surface area contributed by atoms with Crippen molar-refractivity contribution in [2.75, 3.05) is 13.1 Å². The lowest BCUT2D eigenvalue weighted by Crippen LogP contribution is -2.55. The van der Waals surface area contributed by atoms with Gasteiger partial charge in [0.2, 0.25) is 15.9 Å². The number of aromatic nitrogens is 2. The third kappa shape index (κ3) is 4.82. The Balaban J connectivity index is 0.00000261. The maximum absolute atomic E-state index is 12.7. The highest BCUT2D eigenvalue weighted by Crippen LogP contribution is 2.32. The zero-order valence-electron chi connectivity index (χ0n) is 15.9. The molecule has 1 saturated carbocycles. The summed E-state index contributed by atoms with van der Waals surface area (Å²) in [7, 11) is -1.82. The summed E-state index contributed by atoms with van der Waals surface area (Å²) in [6.07, 6.45) is 7.90. The van der Waals surface area contributed by atoms with Crippen LogP contribution in [0.4, 0.5) is 0 Å². The van der Waals surface area contributed by atoms with Crippen LogP contribution in [0.1, 0.15) is 45.4 Å². The lowest BCUT2D eigenvalue weighted by Gasteiger charge is -2.39. The van der Waals surface area contributed by atoms with Crippen molar-refractivity contribution in [1.29, 1.82) is 0 Å². The molecular weight excluding hydrogens is 390 g/mol. The summed E-state index contributed by atoms with van der Waals surface area (Å²) in [5, 5.41) is 7.04. The minimum absolute atomic E-state index is 0. The number of carbonyl (C=O) groups excluding carboxylic acids is 1. The molecule has 2 atom stereocenters. The van der Waals surface area contributed by atoms with Gasteiger partial charge in [0.15, 0.2) is 0 Å². The van der Waals surface area contributed by atoms with Crippen LogP contribution >= 0.6 is 12.4 Å². The molecule has 2 heterocycles. The quantitative estimate of drug-likeness (QED) is 0.756. The van der Waals surface area contributed by atoms with Crippen LogP contribution in [-0.4, -0.2) is 53.1 Å². The number of piperidine rings is 1. The highest BCUT2D eigenvalue weighted by molar-refractivity contribution is 7.89. The van der Waals surface area contributed by atoms with Crippen LogP contribution in [0, 0.1) is 5.92 Å². The van der Waals surface area contributed by atoms with E-state index in [0.29, 0.717) is 25.9 Å². The standard InChI is InChI=1S/C17H29N5O3S.ClH/c1-17(18)8-4-3-5-15(17)16(23)20-13-6-9-22(10-7-13)26(24,25)14-11-19-21(2)12-14;/h11-13,15H,3-10,18H2,1-2H3,(H,20,23);1H. The van der Waals surface area contributed by atoms with Crippen LogP contribution in [0.25, 0.3) is 0 Å². The summed E-state index contributed by atoms with van der Waals surface area (Å²) in [6, 6.07) is 0.000532. The lowest BCUT2D eigenvalue weighted by atomic mass is 9.74. The second-order valence-electron chi connectivity index (χ2n) is 7.84. The number of nitrogens with zero attached hydrogens (tertiary/aromatic N) is 3. The summed E-state index contributed by atoms with van der Waals surface area (Å²) in [5.74, 6) is -0.142. The second kappa shape index (κ2) is 8.46. The number of amides is 1. The summed E-state index contributed by atoms with van der Waals surface area (Å²) in [5.41, 5.74) is 5.87. The first-order valence-electron chi connectivity index (χ1n) is 9.28. The molecule has 8 nitrogen and oxygen atoms in total. The van der Waals surface area contributed by atoms with E-state index in [-0.39, 0.29) is 35.2 Å². The molecule has 2 aliphatic rings. The lowest BCUT2D eigenvalue weighted by molar-refractivity contribution is -0.129. The van der Waals surface area contributed by atoms with Crippen LogP contribution in [-0.2, 0) is 21.9 Å². The predicted molar refractivity (Wildman–Crippen MR) is 105 cm³/mol. The van der Waals surface area contributed by atoms with Gasteiger partial charge in [-0.1, -0.05) is 12.8 Å². The summed E-state index contributed by atoms with van der Waals surface area (Å²) < 4.78 is 28.2. The molecule has 3 rings (SSSR count). The molecule has 0 aromatic carbocycles. The molecule has 2 unspecified atom stereocenters. The molecule has 1 aliphatic heterocycles. The minimum atomic E-state index is -3.51. The normalized spacial score (nSPS) is 27.7. The Morgan fingerprint density at radius 2 is 1.96 bits per heavy atom. The van der Waals surface area contributed by atoms with Gasteiger partial charge in [0, 0.05) is 37.9 Å². The molecule has 154 valence electrons. The molecule has 0 bridgehead atoms. The number of carbonyl (C=O) groups is 1. The number of nitrogens with two attached hydrogens (primary N) is 1. The molecule has 1 aromatic rings. The monoisotopic (exact) mass is 419 g/mol. The third-order valence-electron chi connectivity index (χ3n) is 5.69. The Bertz CT molecular complexity index is 756. The first-order valence-corrected chi connectivity index (χ1v) is 10.7. The van der Waals surface area contributed by atoms with E-state index >= 15 is 0 Å². The number of hydrogen-bond acceptors (Lipinski definition) is 5. The first-order chi connectivity index (χ1) is 12.2. The van der Waals surface area contributed by atoms with E-state index in [2.05, 4.69) is 10.4 Å². The van der Waals surface area contributed by atoms with E-state index in [4.69, 9.17) is 5.73 Å². The number of sulfonamides is 1. The maximum Gasteiger partial charge on any atom is 0.246 e. The van der Waals surface area contributed by atoms with Crippen molar-refractivity contribution in [3.05, 3.63) is 12.4 Å². The Kier molecular flexibility index (Phi) is 6.94. The maximum atomic E-state index is 12.7. The molecular formula is C17H30ClN5O3S. The van der Waals surface area contributed by atoms with Gasteiger partial charge in [0.1, 0.15) is 4.90 Å². The second-order valence-corrected chi connectivity index (χ2v) is 9.78. The Morgan fingerprint density at radius 1 is 1.30 bits per heavy atom. The zero-order chi connectivity index (χ0) is 18.9. The average molecular weight is 420 g/mol. The SMILES string of the molecule is Cl.Cn1cc(S(=O)(=O)N2CCC(NC(=O)C3CCCCC3(C)N)CC2)cn1. The zero-order valence-corrected chi connectivity index (χ0v) is 17.6. The van der Waals surface area contributed by atoms with Crippen molar-refractivity contribution in [2.45, 2.75) is 61.9 Å². The van der Waals surface area contributed by atoms with Gasteiger partial charge in [-0.15, -0.1) is 12.4 Å². The van der Waals surface area contributed by atoms with E-state index < -0.39 is 15.6 Å². The van der Waals surface area contributed by atoms with E-state index in [1.54, 1.807) is 7.05 Å². The highest BCUT2D eigenvalue weighted by Gasteiger charge is 2.39. The number of nitrogens with one attached hydrogen (secondary N) is 1. The molecule has 10 heteroatoms. The van der Waals surface area contributed by atoms with Gasteiger partial charge in [-0.05, 0) is 32.6 Å². The first kappa shape index (κ1) is 22.1. The topological polar surface area (TPSA) is 110 Å². The Hall–Kier alpha value is -1.16. The van der Waals surface area contributed by atoms with Gasteiger partial charge in [-0.25, -0.2) is 8.42 Å². The average Bonchev–Trinajstić information content (AvgIpc) is 3.02. The molecule has 1 aromatic heterocycles. The van der Waals surface area contributed by atoms with Crippen LogP contribution < -0.4 is 11.1 Å². The Morgan fingerprint density at radius 3 is 2.52 bits per heavy atom. The van der Waals surface area contributed by atoms with Crippen LogP contribution in [0.3, 0.4) is 0 Å². The van der Waals surface area contributed by atoms with Gasteiger partial charge in [-0.2, -0.15) is 9.40 Å². The molecule has 2 fully saturated rings. The number of halogens is 1. The van der Waals surface area contributed by atoms with E-state index in [0.717, 1.165) is 25.7 Å². The van der Waals surface area contributed by atoms with Crippen molar-refractivity contribution in [1.82, 2.24) is 19.4 Å². The van der Waals surface area contributed by atoms with Crippen LogP contribution in [0.5, 0.6) is 0 Å². The fourth-order valence-corrected chi connectivity index (χ4v) is 5.47. The van der Waals surface area contributed by atoms with E-state index in [9.17, 15) is 13.2 Å². The van der Waals surface area contributed by atoms with Crippen LogP contribution in [0.15, 0.2) is 17.3 Å². The van der Waals surface area contributed by atoms with E-state index in [1.807, 2.05) is 6.92 Å². The van der Waals surface area contributed by atoms with Gasteiger partial charge in [-0.3, -0.25) is 9.48 Å². The van der Waals surface area contributed by atoms with E-state index in [1.165, 1.54) is 21.4 Å². The number of rotatable bonds is 4. The number of hydrogen-bond donors (Lipinski definition) is 2. The van der Waals surface area contributed by atoms with Crippen molar-refractivity contribution < 1.29 is 13.2 Å². The fraction of sp³-hybridized carbons (Fsp3) is 0.765. The van der Waals surface area contributed by atoms with Gasteiger partial charge < -0.3 is 11.1 Å². The number of aryl methyl sites for hydroxylation is 1. The fourth-order valence-electron chi connectivity index (χ4n) is 4.01. The molecule has 3 N–H and O–H groups in total. The Labute approximate surface area is 167 Å². The summed E-state index contributed by atoms with van der Waals surface area (Å²) in [4.78, 5) is 12.9. The molecule has 27 heavy (non-hydrogen) atoms. The van der Waals surface area contributed by atoms with Crippen molar-refractivity contribution in [2.24, 2.45) is 18.7 Å². The van der Waals surface area contributed by atoms with Gasteiger partial charge in [0.05, 0.1) is 12.1 Å². The molecule has 1 amide bonds. The molecule has 1 aliphatic carbocycles. The highest BCUT2D eigenvalue weighted by atomic mass is 35.5. The van der Waals surface area contributed by atoms with Crippen molar-refractivity contribution in [3.8, 4) is 0 Å². The van der Waals surface area contributed by atoms with Crippen LogP contribution in [0.2, 0.25) is 0 Å². The predicted octanol–water partition coefficient (Wildman–Crippen LogP) is 1.02. The molecule has 0 spiro atoms.